The second-order valence-corrected chi connectivity index (χ2v) is 4.71. The molecule has 1 rings (SSSR count). The molecule has 0 aliphatic carbocycles. The smallest absolute Gasteiger partial charge is 0.227 e. The number of nitrogens with zero attached hydrogens (tertiary/aromatic N) is 1. The predicted octanol–water partition coefficient (Wildman–Crippen LogP) is 1.13. The van der Waals surface area contributed by atoms with Crippen LogP contribution in [0.4, 0.5) is 0 Å². The number of amides is 1. The third-order valence-electron chi connectivity index (χ3n) is 2.66. The number of carbonyl (C=O) groups is 1. The number of hydrogen-bond donors (Lipinski definition) is 2. The highest BCUT2D eigenvalue weighted by atomic mass is 32.1. The highest BCUT2D eigenvalue weighted by Gasteiger charge is 2.29. The summed E-state index contributed by atoms with van der Waals surface area (Å²) in [6, 6.07) is 0. The van der Waals surface area contributed by atoms with Crippen LogP contribution in [0.1, 0.15) is 25.3 Å². The summed E-state index contributed by atoms with van der Waals surface area (Å²) >= 11 is 1.53. The van der Waals surface area contributed by atoms with Crippen LogP contribution in [-0.4, -0.2) is 17.4 Å². The van der Waals surface area contributed by atoms with E-state index in [9.17, 15) is 4.79 Å². The van der Waals surface area contributed by atoms with Crippen molar-refractivity contribution < 1.29 is 4.79 Å². The zero-order chi connectivity index (χ0) is 11.3. The Morgan fingerprint density at radius 1 is 1.73 bits per heavy atom. The van der Waals surface area contributed by atoms with Crippen molar-refractivity contribution in [1.82, 2.24) is 10.3 Å². The molecule has 0 saturated heterocycles. The van der Waals surface area contributed by atoms with E-state index in [1.54, 1.807) is 6.20 Å². The molecule has 0 aliphatic rings. The lowest BCUT2D eigenvalue weighted by molar-refractivity contribution is -0.130. The summed E-state index contributed by atoms with van der Waals surface area (Å²) in [7, 11) is 0. The average Bonchev–Trinajstić information content (AvgIpc) is 2.77. The number of carbonyl (C=O) groups excluding carboxylic acids is 1. The second kappa shape index (κ2) is 5.23. The van der Waals surface area contributed by atoms with Gasteiger partial charge >= 0.3 is 0 Å². The molecule has 15 heavy (non-hydrogen) atoms. The molecule has 4 nitrogen and oxygen atoms in total. The maximum absolute atomic E-state index is 11.8. The van der Waals surface area contributed by atoms with E-state index < -0.39 is 5.41 Å². The molecule has 1 heterocycles. The molecule has 3 N–H and O–H groups in total. The largest absolute Gasteiger partial charge is 0.349 e. The Balaban J connectivity index is 2.48. The summed E-state index contributed by atoms with van der Waals surface area (Å²) in [6.07, 6.45) is 2.47. The SMILES string of the molecule is CCC(C)(CN)C(=O)NCc1nccs1. The van der Waals surface area contributed by atoms with Gasteiger partial charge in [0, 0.05) is 18.1 Å². The highest BCUT2D eigenvalue weighted by Crippen LogP contribution is 2.19. The fourth-order valence-corrected chi connectivity index (χ4v) is 1.66. The van der Waals surface area contributed by atoms with E-state index in [-0.39, 0.29) is 5.91 Å². The lowest BCUT2D eigenvalue weighted by Crippen LogP contribution is -2.43. The molecule has 1 atom stereocenters. The van der Waals surface area contributed by atoms with Crippen LogP contribution in [0, 0.1) is 5.41 Å². The van der Waals surface area contributed by atoms with Crippen LogP contribution < -0.4 is 11.1 Å². The first-order valence-corrected chi connectivity index (χ1v) is 5.87. The fourth-order valence-electron chi connectivity index (χ4n) is 1.11. The molecule has 5 heteroatoms. The number of nitrogens with two attached hydrogens (primary N) is 1. The molecule has 0 aliphatic heterocycles. The summed E-state index contributed by atoms with van der Waals surface area (Å²) in [5, 5.41) is 5.66. The van der Waals surface area contributed by atoms with Crippen molar-refractivity contribution >= 4 is 17.2 Å². The monoisotopic (exact) mass is 227 g/mol. The highest BCUT2D eigenvalue weighted by molar-refractivity contribution is 7.09. The average molecular weight is 227 g/mol. The lowest BCUT2D eigenvalue weighted by Gasteiger charge is -2.24. The second-order valence-electron chi connectivity index (χ2n) is 3.73. The van der Waals surface area contributed by atoms with Gasteiger partial charge in [-0.2, -0.15) is 0 Å². The van der Waals surface area contributed by atoms with Crippen molar-refractivity contribution in [3.63, 3.8) is 0 Å². The van der Waals surface area contributed by atoms with Crippen molar-refractivity contribution in [2.75, 3.05) is 6.54 Å². The van der Waals surface area contributed by atoms with Gasteiger partial charge in [-0.3, -0.25) is 4.79 Å². The Hall–Kier alpha value is -0.940. The van der Waals surface area contributed by atoms with Crippen LogP contribution in [0.15, 0.2) is 11.6 Å². The third kappa shape index (κ3) is 3.00. The molecule has 84 valence electrons. The van der Waals surface area contributed by atoms with E-state index in [4.69, 9.17) is 5.73 Å². The summed E-state index contributed by atoms with van der Waals surface area (Å²) in [5.74, 6) is 0.00250. The minimum Gasteiger partial charge on any atom is -0.349 e. The Morgan fingerprint density at radius 2 is 2.47 bits per heavy atom. The fraction of sp³-hybridized carbons (Fsp3) is 0.600. The van der Waals surface area contributed by atoms with Crippen molar-refractivity contribution in [2.24, 2.45) is 11.1 Å². The van der Waals surface area contributed by atoms with E-state index in [0.717, 1.165) is 11.4 Å². The molecular formula is C10H17N3OS. The zero-order valence-electron chi connectivity index (χ0n) is 9.12. The minimum absolute atomic E-state index is 0.00250. The summed E-state index contributed by atoms with van der Waals surface area (Å²) in [5.41, 5.74) is 5.13. The first kappa shape index (κ1) is 12.1. The molecule has 0 spiro atoms. The predicted molar refractivity (Wildman–Crippen MR) is 61.4 cm³/mol. The van der Waals surface area contributed by atoms with Crippen LogP contribution >= 0.6 is 11.3 Å². The zero-order valence-corrected chi connectivity index (χ0v) is 9.93. The molecule has 1 unspecified atom stereocenters. The molecule has 0 aromatic carbocycles. The molecule has 0 radical (unpaired) electrons. The topological polar surface area (TPSA) is 68.0 Å². The van der Waals surface area contributed by atoms with Gasteiger partial charge in [-0.15, -0.1) is 11.3 Å². The van der Waals surface area contributed by atoms with Crippen LogP contribution in [-0.2, 0) is 11.3 Å². The van der Waals surface area contributed by atoms with Gasteiger partial charge in [0.25, 0.3) is 0 Å². The van der Waals surface area contributed by atoms with Gasteiger partial charge in [-0.1, -0.05) is 6.92 Å². The number of hydrogen-bond acceptors (Lipinski definition) is 4. The van der Waals surface area contributed by atoms with Crippen LogP contribution in [0.2, 0.25) is 0 Å². The van der Waals surface area contributed by atoms with E-state index in [1.165, 1.54) is 11.3 Å². The number of rotatable bonds is 5. The van der Waals surface area contributed by atoms with Crippen LogP contribution in [0.5, 0.6) is 0 Å². The molecular weight excluding hydrogens is 210 g/mol. The van der Waals surface area contributed by atoms with Gasteiger partial charge in [0.1, 0.15) is 5.01 Å². The number of nitrogens with one attached hydrogen (secondary N) is 1. The van der Waals surface area contributed by atoms with Crippen LogP contribution in [0.3, 0.4) is 0 Å². The lowest BCUT2D eigenvalue weighted by atomic mass is 9.87. The number of thiazole rings is 1. The van der Waals surface area contributed by atoms with Crippen LogP contribution in [0.25, 0.3) is 0 Å². The van der Waals surface area contributed by atoms with Gasteiger partial charge in [0.2, 0.25) is 5.91 Å². The van der Waals surface area contributed by atoms with Gasteiger partial charge in [-0.05, 0) is 13.3 Å². The Bertz CT molecular complexity index is 306. The summed E-state index contributed by atoms with van der Waals surface area (Å²) in [6.45, 7) is 4.71. The quantitative estimate of drug-likeness (QED) is 0.792. The molecule has 0 bridgehead atoms. The first-order valence-electron chi connectivity index (χ1n) is 4.99. The molecule has 1 amide bonds. The van der Waals surface area contributed by atoms with Crippen molar-refractivity contribution in [3.05, 3.63) is 16.6 Å². The summed E-state index contributed by atoms with van der Waals surface area (Å²) in [4.78, 5) is 15.9. The Labute approximate surface area is 93.9 Å². The van der Waals surface area contributed by atoms with Gasteiger partial charge < -0.3 is 11.1 Å². The maximum atomic E-state index is 11.8. The Kier molecular flexibility index (Phi) is 4.23. The maximum Gasteiger partial charge on any atom is 0.227 e. The van der Waals surface area contributed by atoms with E-state index in [1.807, 2.05) is 19.2 Å². The third-order valence-corrected chi connectivity index (χ3v) is 3.44. The molecule has 1 aromatic rings. The van der Waals surface area contributed by atoms with Gasteiger partial charge in [0.15, 0.2) is 0 Å². The van der Waals surface area contributed by atoms with Gasteiger partial charge in [-0.25, -0.2) is 4.98 Å². The van der Waals surface area contributed by atoms with Gasteiger partial charge in [0.05, 0.1) is 12.0 Å². The first-order chi connectivity index (χ1) is 7.12. The Morgan fingerprint density at radius 3 is 2.93 bits per heavy atom. The van der Waals surface area contributed by atoms with Crippen molar-refractivity contribution in [2.45, 2.75) is 26.8 Å². The van der Waals surface area contributed by atoms with E-state index in [0.29, 0.717) is 13.1 Å². The van der Waals surface area contributed by atoms with E-state index >= 15 is 0 Å². The molecule has 0 fully saturated rings. The minimum atomic E-state index is -0.461. The van der Waals surface area contributed by atoms with Crippen molar-refractivity contribution in [1.29, 1.82) is 0 Å². The summed E-state index contributed by atoms with van der Waals surface area (Å²) < 4.78 is 0. The molecule has 0 saturated carbocycles. The normalized spacial score (nSPS) is 14.6. The standard InChI is InChI=1S/C10H17N3OS/c1-3-10(2,7-11)9(14)13-6-8-12-4-5-15-8/h4-5H,3,6-7,11H2,1-2H3,(H,13,14). The van der Waals surface area contributed by atoms with E-state index in [2.05, 4.69) is 10.3 Å². The van der Waals surface area contributed by atoms with Crippen molar-refractivity contribution in [3.8, 4) is 0 Å². The molecule has 1 aromatic heterocycles. The number of aromatic nitrogens is 1.